The van der Waals surface area contributed by atoms with Gasteiger partial charge in [-0.1, -0.05) is 0 Å². The van der Waals surface area contributed by atoms with Gasteiger partial charge in [0.1, 0.15) is 0 Å². The van der Waals surface area contributed by atoms with Crippen molar-refractivity contribution in [3.05, 3.63) is 0 Å². The third-order valence-corrected chi connectivity index (χ3v) is 1.05. The van der Waals surface area contributed by atoms with Gasteiger partial charge in [0.15, 0.2) is 0 Å². The molecule has 11 heavy (non-hydrogen) atoms. The topological polar surface area (TPSA) is 144 Å². The number of carbonyl (C=O) groups is 1. The zero-order valence-electron chi connectivity index (χ0n) is 5.60. The number of hydrogen-bond acceptors (Lipinski definition) is 4. The molecule has 0 aliphatic rings. The highest BCUT2D eigenvalue weighted by Gasteiger charge is 1.99. The summed E-state index contributed by atoms with van der Waals surface area (Å²) in [5, 5.41) is 7.86. The molecule has 6 N–H and O–H groups in total. The average molecular weight is 186 g/mol. The van der Waals surface area contributed by atoms with Crippen molar-refractivity contribution in [1.82, 2.24) is 0 Å². The highest BCUT2D eigenvalue weighted by molar-refractivity contribution is 7.85. The summed E-state index contributed by atoms with van der Waals surface area (Å²) in [4.78, 5) is 9.00. The minimum atomic E-state index is -3.92. The van der Waals surface area contributed by atoms with E-state index in [0.29, 0.717) is 0 Å². The van der Waals surface area contributed by atoms with E-state index in [1.807, 2.05) is 0 Å². The summed E-state index contributed by atoms with van der Waals surface area (Å²) in [7, 11) is -3.92. The van der Waals surface area contributed by atoms with Crippen LogP contribution in [0.2, 0.25) is 0 Å². The summed E-state index contributed by atoms with van der Waals surface area (Å²) in [5.74, 6) is -0.576. The quantitative estimate of drug-likeness (QED) is 0.365. The van der Waals surface area contributed by atoms with Crippen LogP contribution in [0.1, 0.15) is 0 Å². The number of primary amides is 2. The Morgan fingerprint density at radius 3 is 1.64 bits per heavy atom. The first-order chi connectivity index (χ1) is 4.79. The standard InChI is InChI=1S/C2H6O4S.CH4N2O/c3-1-2-7(4,5)6;2-1(3)4/h3H,1-2H2,(H,4,5,6);(H4,2,3,4). The van der Waals surface area contributed by atoms with Gasteiger partial charge in [-0.25, -0.2) is 4.79 Å². The van der Waals surface area contributed by atoms with Gasteiger partial charge in [-0.15, -0.1) is 0 Å². The molecular formula is C3H10N2O5S. The number of urea groups is 1. The molecule has 0 unspecified atom stereocenters. The van der Waals surface area contributed by atoms with Crippen molar-refractivity contribution in [1.29, 1.82) is 0 Å². The third kappa shape index (κ3) is 47.3. The van der Waals surface area contributed by atoms with Crippen LogP contribution in [0, 0.1) is 0 Å². The largest absolute Gasteiger partial charge is 0.395 e. The van der Waals surface area contributed by atoms with Crippen molar-refractivity contribution in [2.75, 3.05) is 12.4 Å². The maximum atomic E-state index is 9.63. The monoisotopic (exact) mass is 186 g/mol. The van der Waals surface area contributed by atoms with E-state index >= 15 is 0 Å². The zero-order chi connectivity index (χ0) is 9.49. The maximum Gasteiger partial charge on any atom is 0.309 e. The van der Waals surface area contributed by atoms with Crippen molar-refractivity contribution < 1.29 is 22.9 Å². The van der Waals surface area contributed by atoms with Crippen molar-refractivity contribution in [2.45, 2.75) is 0 Å². The number of amides is 2. The molecule has 0 aromatic heterocycles. The Kier molecular flexibility index (Phi) is 6.85. The Morgan fingerprint density at radius 1 is 1.36 bits per heavy atom. The lowest BCUT2D eigenvalue weighted by Gasteiger charge is -1.85. The van der Waals surface area contributed by atoms with Crippen LogP contribution in [-0.4, -0.2) is 36.5 Å². The second-order valence-electron chi connectivity index (χ2n) is 1.41. The molecule has 0 radical (unpaired) electrons. The lowest BCUT2D eigenvalue weighted by molar-refractivity contribution is 0.256. The minimum Gasteiger partial charge on any atom is -0.395 e. The fourth-order valence-corrected chi connectivity index (χ4v) is 0.346. The summed E-state index contributed by atoms with van der Waals surface area (Å²) < 4.78 is 27.1. The van der Waals surface area contributed by atoms with Crippen LogP contribution < -0.4 is 11.5 Å². The van der Waals surface area contributed by atoms with Crippen molar-refractivity contribution >= 4 is 16.1 Å². The second-order valence-corrected chi connectivity index (χ2v) is 2.98. The summed E-state index contributed by atoms with van der Waals surface area (Å²) in [5.41, 5.74) is 8.50. The number of hydrogen-bond donors (Lipinski definition) is 4. The van der Waals surface area contributed by atoms with Crippen LogP contribution >= 0.6 is 0 Å². The first-order valence-electron chi connectivity index (χ1n) is 2.40. The summed E-state index contributed by atoms with van der Waals surface area (Å²) in [6.45, 7) is -0.529. The Labute approximate surface area is 63.7 Å². The molecule has 8 heteroatoms. The third-order valence-electron chi connectivity index (χ3n) is 0.349. The number of aliphatic hydroxyl groups excluding tert-OH is 1. The lowest BCUT2D eigenvalue weighted by atomic mass is 10.9. The van der Waals surface area contributed by atoms with E-state index in [4.69, 9.17) is 14.5 Å². The Bertz CT molecular complexity index is 194. The molecule has 0 heterocycles. The number of aliphatic hydroxyl groups is 1. The van der Waals surface area contributed by atoms with E-state index in [9.17, 15) is 8.42 Å². The normalized spacial score (nSPS) is 9.64. The highest BCUT2D eigenvalue weighted by Crippen LogP contribution is 1.75. The zero-order valence-corrected chi connectivity index (χ0v) is 6.41. The van der Waals surface area contributed by atoms with E-state index in [-0.39, 0.29) is 0 Å². The predicted octanol–water partition coefficient (Wildman–Crippen LogP) is -2.11. The Balaban J connectivity index is 0. The van der Waals surface area contributed by atoms with E-state index in [1.165, 1.54) is 0 Å². The molecule has 0 saturated carbocycles. The minimum absolute atomic E-state index is 0.529. The van der Waals surface area contributed by atoms with Gasteiger partial charge in [0.2, 0.25) is 0 Å². The summed E-state index contributed by atoms with van der Waals surface area (Å²) in [6, 6.07) is -0.833. The van der Waals surface area contributed by atoms with Gasteiger partial charge in [-0.2, -0.15) is 8.42 Å². The molecule has 2 amide bonds. The van der Waals surface area contributed by atoms with Crippen LogP contribution in [0.4, 0.5) is 4.79 Å². The number of rotatable bonds is 2. The molecule has 0 fully saturated rings. The molecule has 0 aromatic rings. The first kappa shape index (κ1) is 12.8. The van der Waals surface area contributed by atoms with Gasteiger partial charge in [0.25, 0.3) is 10.1 Å². The van der Waals surface area contributed by atoms with Crippen LogP contribution in [0.25, 0.3) is 0 Å². The molecular weight excluding hydrogens is 176 g/mol. The lowest BCUT2D eigenvalue weighted by Crippen LogP contribution is -2.18. The van der Waals surface area contributed by atoms with Crippen LogP contribution in [0.3, 0.4) is 0 Å². The molecule has 0 rings (SSSR count). The Hall–Kier alpha value is -0.860. The Morgan fingerprint density at radius 2 is 1.64 bits per heavy atom. The molecule has 68 valence electrons. The average Bonchev–Trinajstić information content (AvgIpc) is 1.58. The van der Waals surface area contributed by atoms with E-state index in [0.717, 1.165) is 0 Å². The molecule has 0 atom stereocenters. The molecule has 0 saturated heterocycles. The van der Waals surface area contributed by atoms with E-state index < -0.39 is 28.5 Å². The number of carbonyl (C=O) groups excluding carboxylic acids is 1. The van der Waals surface area contributed by atoms with Crippen LogP contribution in [0.15, 0.2) is 0 Å². The molecule has 0 spiro atoms. The second kappa shape index (κ2) is 5.89. The van der Waals surface area contributed by atoms with Gasteiger partial charge >= 0.3 is 6.03 Å². The maximum absolute atomic E-state index is 9.63. The molecule has 7 nitrogen and oxygen atoms in total. The fourth-order valence-electron chi connectivity index (χ4n) is 0.115. The molecule has 0 aliphatic carbocycles. The van der Waals surface area contributed by atoms with E-state index in [1.54, 1.807) is 0 Å². The molecule has 0 aromatic carbocycles. The summed E-state index contributed by atoms with van der Waals surface area (Å²) in [6.07, 6.45) is 0. The van der Waals surface area contributed by atoms with Crippen molar-refractivity contribution in [3.8, 4) is 0 Å². The first-order valence-corrected chi connectivity index (χ1v) is 4.01. The van der Waals surface area contributed by atoms with Gasteiger partial charge < -0.3 is 16.6 Å². The van der Waals surface area contributed by atoms with Gasteiger partial charge in [0.05, 0.1) is 12.4 Å². The number of nitrogens with two attached hydrogens (primary N) is 2. The van der Waals surface area contributed by atoms with Crippen molar-refractivity contribution in [3.63, 3.8) is 0 Å². The molecule has 0 aliphatic heterocycles. The molecule has 0 bridgehead atoms. The predicted molar refractivity (Wildman–Crippen MR) is 37.3 cm³/mol. The van der Waals surface area contributed by atoms with Crippen molar-refractivity contribution in [2.24, 2.45) is 11.5 Å². The van der Waals surface area contributed by atoms with Gasteiger partial charge in [0, 0.05) is 0 Å². The van der Waals surface area contributed by atoms with Gasteiger partial charge in [-0.05, 0) is 0 Å². The smallest absolute Gasteiger partial charge is 0.309 e. The van der Waals surface area contributed by atoms with E-state index in [2.05, 4.69) is 11.5 Å². The SMILES string of the molecule is NC(N)=O.O=S(=O)(O)CCO. The highest BCUT2D eigenvalue weighted by atomic mass is 32.2. The van der Waals surface area contributed by atoms with Gasteiger partial charge in [-0.3, -0.25) is 4.55 Å². The summed E-state index contributed by atoms with van der Waals surface area (Å²) >= 11 is 0. The fraction of sp³-hybridized carbons (Fsp3) is 0.667. The van der Waals surface area contributed by atoms with Crippen LogP contribution in [-0.2, 0) is 10.1 Å². The van der Waals surface area contributed by atoms with Crippen LogP contribution in [0.5, 0.6) is 0 Å².